The minimum atomic E-state index is -0.447. The average molecular weight is 259 g/mol. The molecule has 0 aliphatic carbocycles. The molecule has 0 saturated carbocycles. The number of nitrogens with two attached hydrogens (primary N) is 1. The molecule has 0 aliphatic rings. The number of carbonyl (C=O) groups is 1. The van der Waals surface area contributed by atoms with E-state index in [0.29, 0.717) is 13.1 Å². The van der Waals surface area contributed by atoms with Gasteiger partial charge in [-0.15, -0.1) is 0 Å². The first-order valence-electron chi connectivity index (χ1n) is 6.68. The Kier molecular flexibility index (Phi) is 7.95. The lowest BCUT2D eigenvalue weighted by Crippen LogP contribution is -2.44. The Balaban J connectivity index is 4.10. The van der Waals surface area contributed by atoms with E-state index in [-0.39, 0.29) is 12.1 Å². The lowest BCUT2D eigenvalue weighted by molar-refractivity contribution is 0.0194. The molecule has 0 saturated heterocycles. The summed E-state index contributed by atoms with van der Waals surface area (Å²) in [6, 6.07) is 0.135. The fourth-order valence-corrected chi connectivity index (χ4v) is 1.43. The van der Waals surface area contributed by atoms with Crippen molar-refractivity contribution in [2.75, 3.05) is 26.2 Å². The Morgan fingerprint density at radius 3 is 2.39 bits per heavy atom. The molecule has 0 aromatic heterocycles. The van der Waals surface area contributed by atoms with Gasteiger partial charge < -0.3 is 20.7 Å². The van der Waals surface area contributed by atoms with Crippen LogP contribution in [0.25, 0.3) is 0 Å². The fraction of sp³-hybridized carbons (Fsp3) is 0.923. The van der Waals surface area contributed by atoms with Crippen LogP contribution in [0.3, 0.4) is 0 Å². The molecule has 3 N–H and O–H groups in total. The highest BCUT2D eigenvalue weighted by Crippen LogP contribution is 2.11. The van der Waals surface area contributed by atoms with E-state index in [1.54, 1.807) is 4.90 Å². The van der Waals surface area contributed by atoms with E-state index in [1.807, 2.05) is 34.6 Å². The number of hydrogen-bond donors (Lipinski definition) is 2. The molecule has 0 aromatic carbocycles. The van der Waals surface area contributed by atoms with Gasteiger partial charge in [-0.05, 0) is 54.1 Å². The molecule has 0 aliphatic heterocycles. The number of rotatable bonds is 7. The number of ether oxygens (including phenoxy) is 1. The standard InChI is InChI=1S/C13H29N3O2/c1-11(2)16(10-9-15-8-6-7-14)12(17)18-13(3,4)5/h11,15H,6-10,14H2,1-5H3. The zero-order valence-electron chi connectivity index (χ0n) is 12.5. The van der Waals surface area contributed by atoms with Crippen LogP contribution in [0.4, 0.5) is 4.79 Å². The van der Waals surface area contributed by atoms with Gasteiger partial charge in [-0.25, -0.2) is 4.79 Å². The summed E-state index contributed by atoms with van der Waals surface area (Å²) in [6.45, 7) is 12.6. The van der Waals surface area contributed by atoms with Gasteiger partial charge in [-0.3, -0.25) is 0 Å². The van der Waals surface area contributed by atoms with Crippen LogP contribution in [-0.4, -0.2) is 48.8 Å². The van der Waals surface area contributed by atoms with Crippen molar-refractivity contribution in [1.82, 2.24) is 10.2 Å². The molecular weight excluding hydrogens is 230 g/mol. The van der Waals surface area contributed by atoms with E-state index in [0.717, 1.165) is 19.5 Å². The van der Waals surface area contributed by atoms with Gasteiger partial charge in [0.15, 0.2) is 0 Å². The molecule has 0 rings (SSSR count). The molecule has 108 valence electrons. The van der Waals surface area contributed by atoms with Crippen molar-refractivity contribution < 1.29 is 9.53 Å². The zero-order valence-corrected chi connectivity index (χ0v) is 12.5. The largest absolute Gasteiger partial charge is 0.444 e. The lowest BCUT2D eigenvalue weighted by Gasteiger charge is -2.30. The third-order valence-electron chi connectivity index (χ3n) is 2.34. The van der Waals surface area contributed by atoms with E-state index in [2.05, 4.69) is 5.32 Å². The maximum Gasteiger partial charge on any atom is 0.410 e. The smallest absolute Gasteiger partial charge is 0.410 e. The first-order valence-corrected chi connectivity index (χ1v) is 6.68. The minimum Gasteiger partial charge on any atom is -0.444 e. The van der Waals surface area contributed by atoms with E-state index in [9.17, 15) is 4.79 Å². The Labute approximate surface area is 111 Å². The normalized spacial score (nSPS) is 11.7. The predicted molar refractivity (Wildman–Crippen MR) is 74.6 cm³/mol. The molecule has 0 atom stereocenters. The molecule has 0 unspecified atom stereocenters. The molecule has 0 spiro atoms. The number of carbonyl (C=O) groups excluding carboxylic acids is 1. The Hall–Kier alpha value is -0.810. The maximum atomic E-state index is 12.0. The summed E-state index contributed by atoms with van der Waals surface area (Å²) in [6.07, 6.45) is 0.701. The predicted octanol–water partition coefficient (Wildman–Crippen LogP) is 1.57. The van der Waals surface area contributed by atoms with Crippen LogP contribution >= 0.6 is 0 Å². The van der Waals surface area contributed by atoms with Gasteiger partial charge in [-0.2, -0.15) is 0 Å². The van der Waals surface area contributed by atoms with Gasteiger partial charge in [0.25, 0.3) is 0 Å². The van der Waals surface area contributed by atoms with Gasteiger partial charge in [0.2, 0.25) is 0 Å². The first-order chi connectivity index (χ1) is 8.28. The summed E-state index contributed by atoms with van der Waals surface area (Å²) in [5.74, 6) is 0. The van der Waals surface area contributed by atoms with Gasteiger partial charge in [-0.1, -0.05) is 0 Å². The molecule has 0 radical (unpaired) electrons. The van der Waals surface area contributed by atoms with Crippen molar-refractivity contribution in [2.45, 2.75) is 52.7 Å². The highest BCUT2D eigenvalue weighted by molar-refractivity contribution is 5.68. The Bertz CT molecular complexity index is 237. The van der Waals surface area contributed by atoms with Crippen LogP contribution in [0.2, 0.25) is 0 Å². The summed E-state index contributed by atoms with van der Waals surface area (Å²) in [7, 11) is 0. The molecule has 0 bridgehead atoms. The van der Waals surface area contributed by atoms with Crippen molar-refractivity contribution >= 4 is 6.09 Å². The topological polar surface area (TPSA) is 67.6 Å². The van der Waals surface area contributed by atoms with Crippen molar-refractivity contribution in [3.63, 3.8) is 0 Å². The van der Waals surface area contributed by atoms with Crippen molar-refractivity contribution in [3.8, 4) is 0 Å². The molecule has 0 fully saturated rings. The van der Waals surface area contributed by atoms with Gasteiger partial charge >= 0.3 is 6.09 Å². The van der Waals surface area contributed by atoms with Crippen molar-refractivity contribution in [1.29, 1.82) is 0 Å². The van der Waals surface area contributed by atoms with Gasteiger partial charge in [0.05, 0.1) is 0 Å². The molecule has 0 aromatic rings. The van der Waals surface area contributed by atoms with Crippen molar-refractivity contribution in [3.05, 3.63) is 0 Å². The second-order valence-electron chi connectivity index (χ2n) is 5.66. The zero-order chi connectivity index (χ0) is 14.2. The second-order valence-corrected chi connectivity index (χ2v) is 5.66. The number of hydrogen-bond acceptors (Lipinski definition) is 4. The SMILES string of the molecule is CC(C)N(CCNCCCN)C(=O)OC(C)(C)C. The number of nitrogens with one attached hydrogen (secondary N) is 1. The van der Waals surface area contributed by atoms with Crippen LogP contribution in [-0.2, 0) is 4.74 Å². The van der Waals surface area contributed by atoms with Crippen molar-refractivity contribution in [2.24, 2.45) is 5.73 Å². The number of nitrogens with zero attached hydrogens (tertiary/aromatic N) is 1. The average Bonchev–Trinajstić information content (AvgIpc) is 2.19. The molecule has 0 heterocycles. The monoisotopic (exact) mass is 259 g/mol. The lowest BCUT2D eigenvalue weighted by atomic mass is 10.2. The molecule has 5 heteroatoms. The summed E-state index contributed by atoms with van der Waals surface area (Å²) in [4.78, 5) is 13.7. The molecule has 5 nitrogen and oxygen atoms in total. The fourth-order valence-electron chi connectivity index (χ4n) is 1.43. The van der Waals surface area contributed by atoms with Gasteiger partial charge in [0.1, 0.15) is 5.60 Å². The number of amides is 1. The molecular formula is C13H29N3O2. The van der Waals surface area contributed by atoms with Gasteiger partial charge in [0, 0.05) is 19.1 Å². The summed E-state index contributed by atoms with van der Waals surface area (Å²) >= 11 is 0. The Morgan fingerprint density at radius 2 is 1.94 bits per heavy atom. The quantitative estimate of drug-likeness (QED) is 0.681. The van der Waals surface area contributed by atoms with Crippen LogP contribution in [0, 0.1) is 0 Å². The van der Waals surface area contributed by atoms with E-state index in [1.165, 1.54) is 0 Å². The Morgan fingerprint density at radius 1 is 1.33 bits per heavy atom. The van der Waals surface area contributed by atoms with Crippen LogP contribution in [0.5, 0.6) is 0 Å². The minimum absolute atomic E-state index is 0.135. The third kappa shape index (κ3) is 8.31. The summed E-state index contributed by atoms with van der Waals surface area (Å²) < 4.78 is 5.38. The highest BCUT2D eigenvalue weighted by atomic mass is 16.6. The summed E-state index contributed by atoms with van der Waals surface area (Å²) in [5.41, 5.74) is 4.96. The summed E-state index contributed by atoms with van der Waals surface area (Å²) in [5, 5.41) is 3.26. The van der Waals surface area contributed by atoms with E-state index >= 15 is 0 Å². The second kappa shape index (κ2) is 8.32. The van der Waals surface area contributed by atoms with Crippen LogP contribution < -0.4 is 11.1 Å². The van der Waals surface area contributed by atoms with Crippen LogP contribution in [0.15, 0.2) is 0 Å². The molecule has 18 heavy (non-hydrogen) atoms. The maximum absolute atomic E-state index is 12.0. The van der Waals surface area contributed by atoms with Crippen LogP contribution in [0.1, 0.15) is 41.0 Å². The van der Waals surface area contributed by atoms with E-state index in [4.69, 9.17) is 10.5 Å². The van der Waals surface area contributed by atoms with E-state index < -0.39 is 5.60 Å². The third-order valence-corrected chi connectivity index (χ3v) is 2.34. The highest BCUT2D eigenvalue weighted by Gasteiger charge is 2.23. The first kappa shape index (κ1) is 17.2. The molecule has 1 amide bonds.